The molecule has 1 aromatic heterocycles. The van der Waals surface area contributed by atoms with E-state index in [0.717, 1.165) is 30.5 Å². The molecule has 2 nitrogen and oxygen atoms in total. The van der Waals surface area contributed by atoms with Gasteiger partial charge < -0.3 is 10.2 Å². The Morgan fingerprint density at radius 2 is 2.11 bits per heavy atom. The maximum absolute atomic E-state index is 3.48. The monoisotopic (exact) mass is 338 g/mol. The van der Waals surface area contributed by atoms with E-state index in [4.69, 9.17) is 0 Å². The lowest BCUT2D eigenvalue weighted by Gasteiger charge is -2.17. The molecule has 2 aromatic rings. The topological polar surface area (TPSA) is 15.3 Å². The van der Waals surface area contributed by atoms with E-state index < -0.39 is 0 Å². The van der Waals surface area contributed by atoms with E-state index >= 15 is 0 Å². The zero-order chi connectivity index (χ0) is 13.5. The van der Waals surface area contributed by atoms with Gasteiger partial charge in [-0.3, -0.25) is 0 Å². The second-order valence-electron chi connectivity index (χ2n) is 4.57. The van der Waals surface area contributed by atoms with Gasteiger partial charge in [-0.2, -0.15) is 0 Å². The highest BCUT2D eigenvalue weighted by Gasteiger charge is 2.00. The van der Waals surface area contributed by atoms with Crippen molar-refractivity contribution in [2.24, 2.45) is 0 Å². The molecule has 1 N–H and O–H groups in total. The van der Waals surface area contributed by atoms with Gasteiger partial charge in [0.2, 0.25) is 0 Å². The molecule has 0 bridgehead atoms. The predicted molar refractivity (Wildman–Crippen MR) is 88.2 cm³/mol. The second kappa shape index (κ2) is 7.68. The Kier molecular flexibility index (Phi) is 5.89. The molecule has 0 aliphatic heterocycles. The number of halogens is 1. The molecule has 0 spiro atoms. The van der Waals surface area contributed by atoms with Crippen LogP contribution in [0.2, 0.25) is 0 Å². The fourth-order valence-corrected chi connectivity index (χ4v) is 2.95. The number of anilines is 1. The highest BCUT2D eigenvalue weighted by Crippen LogP contribution is 2.15. The molecular formula is C15H19BrN2S. The van der Waals surface area contributed by atoms with Gasteiger partial charge in [0, 0.05) is 34.7 Å². The minimum atomic E-state index is 0.970. The Morgan fingerprint density at radius 3 is 2.84 bits per heavy atom. The summed E-state index contributed by atoms with van der Waals surface area (Å²) < 4.78 is 1.11. The first-order valence-electron chi connectivity index (χ1n) is 6.44. The van der Waals surface area contributed by atoms with Crippen molar-refractivity contribution in [3.05, 3.63) is 51.1 Å². The number of thiophene rings is 1. The molecule has 0 unspecified atom stereocenters. The van der Waals surface area contributed by atoms with Crippen molar-refractivity contribution >= 4 is 33.0 Å². The van der Waals surface area contributed by atoms with E-state index in [2.05, 4.69) is 62.8 Å². The summed E-state index contributed by atoms with van der Waals surface area (Å²) in [5, 5.41) is 5.58. The lowest BCUT2D eigenvalue weighted by molar-refractivity contribution is 0.352. The van der Waals surface area contributed by atoms with Gasteiger partial charge in [-0.05, 0) is 43.1 Å². The van der Waals surface area contributed by atoms with Crippen LogP contribution in [0.15, 0.2) is 46.3 Å². The minimum Gasteiger partial charge on any atom is -0.384 e. The Bertz CT molecular complexity index is 485. The zero-order valence-corrected chi connectivity index (χ0v) is 13.5. The van der Waals surface area contributed by atoms with Crippen LogP contribution in [0, 0.1) is 0 Å². The Morgan fingerprint density at radius 1 is 1.21 bits per heavy atom. The van der Waals surface area contributed by atoms with Gasteiger partial charge in [-0.25, -0.2) is 0 Å². The van der Waals surface area contributed by atoms with Crippen LogP contribution in [0.3, 0.4) is 0 Å². The average molecular weight is 339 g/mol. The molecular weight excluding hydrogens is 320 g/mol. The summed E-state index contributed by atoms with van der Waals surface area (Å²) in [5.41, 5.74) is 1.17. The van der Waals surface area contributed by atoms with Gasteiger partial charge >= 0.3 is 0 Å². The van der Waals surface area contributed by atoms with Gasteiger partial charge in [0.1, 0.15) is 0 Å². The standard InChI is InChI=1S/C15H19BrN2S/c1-18(9-7-15-6-3-11-19-15)10-8-17-14-5-2-4-13(16)12-14/h2-6,11-12,17H,7-10H2,1H3. The number of benzene rings is 1. The molecule has 1 aromatic carbocycles. The lowest BCUT2D eigenvalue weighted by atomic mass is 10.3. The minimum absolute atomic E-state index is 0.970. The van der Waals surface area contributed by atoms with Crippen LogP contribution in [0.25, 0.3) is 0 Å². The number of nitrogens with zero attached hydrogens (tertiary/aromatic N) is 1. The van der Waals surface area contributed by atoms with Crippen LogP contribution in [0.1, 0.15) is 4.88 Å². The molecule has 2 rings (SSSR count). The van der Waals surface area contributed by atoms with Crippen LogP contribution >= 0.6 is 27.3 Å². The summed E-state index contributed by atoms with van der Waals surface area (Å²) in [5.74, 6) is 0. The fraction of sp³-hybridized carbons (Fsp3) is 0.333. The molecule has 4 heteroatoms. The number of nitrogens with one attached hydrogen (secondary N) is 1. The first-order valence-corrected chi connectivity index (χ1v) is 8.11. The van der Waals surface area contributed by atoms with Crippen molar-refractivity contribution in [1.29, 1.82) is 0 Å². The largest absolute Gasteiger partial charge is 0.384 e. The quantitative estimate of drug-likeness (QED) is 0.817. The molecule has 0 saturated carbocycles. The molecule has 19 heavy (non-hydrogen) atoms. The molecule has 0 fully saturated rings. The van der Waals surface area contributed by atoms with Crippen molar-refractivity contribution in [2.45, 2.75) is 6.42 Å². The predicted octanol–water partition coefficient (Wildman–Crippen LogP) is 4.10. The summed E-state index contributed by atoms with van der Waals surface area (Å²) in [7, 11) is 2.18. The molecule has 0 amide bonds. The number of rotatable bonds is 7. The van der Waals surface area contributed by atoms with Crippen LogP contribution in [0.5, 0.6) is 0 Å². The van der Waals surface area contributed by atoms with Gasteiger partial charge in [-0.1, -0.05) is 28.1 Å². The van der Waals surface area contributed by atoms with E-state index in [-0.39, 0.29) is 0 Å². The fourth-order valence-electron chi connectivity index (χ4n) is 1.86. The molecule has 0 saturated heterocycles. The van der Waals surface area contributed by atoms with E-state index in [1.165, 1.54) is 10.6 Å². The molecule has 0 aliphatic carbocycles. The summed E-state index contributed by atoms with van der Waals surface area (Å²) >= 11 is 5.32. The van der Waals surface area contributed by atoms with E-state index in [1.807, 2.05) is 23.5 Å². The maximum Gasteiger partial charge on any atom is 0.0351 e. The summed E-state index contributed by atoms with van der Waals surface area (Å²) in [6.07, 6.45) is 1.14. The first kappa shape index (κ1) is 14.6. The number of hydrogen-bond donors (Lipinski definition) is 1. The van der Waals surface area contributed by atoms with Crippen molar-refractivity contribution in [1.82, 2.24) is 4.90 Å². The van der Waals surface area contributed by atoms with E-state index in [9.17, 15) is 0 Å². The molecule has 0 atom stereocenters. The summed E-state index contributed by atoms with van der Waals surface area (Å²) in [6.45, 7) is 3.13. The third kappa shape index (κ3) is 5.35. The second-order valence-corrected chi connectivity index (χ2v) is 6.52. The highest BCUT2D eigenvalue weighted by atomic mass is 79.9. The molecule has 1 heterocycles. The van der Waals surface area contributed by atoms with Crippen LogP contribution in [-0.2, 0) is 6.42 Å². The van der Waals surface area contributed by atoms with Crippen LogP contribution in [0.4, 0.5) is 5.69 Å². The summed E-state index contributed by atoms with van der Waals surface area (Å²) in [6, 6.07) is 12.6. The SMILES string of the molecule is CN(CCNc1cccc(Br)c1)CCc1cccs1. The van der Waals surface area contributed by atoms with Gasteiger partial charge in [0.25, 0.3) is 0 Å². The Hall–Kier alpha value is -0.840. The van der Waals surface area contributed by atoms with Gasteiger partial charge in [0.15, 0.2) is 0 Å². The smallest absolute Gasteiger partial charge is 0.0351 e. The molecule has 102 valence electrons. The third-order valence-electron chi connectivity index (χ3n) is 2.97. The third-order valence-corrected chi connectivity index (χ3v) is 4.40. The molecule has 0 aliphatic rings. The molecule has 0 radical (unpaired) electrons. The number of likely N-dealkylation sites (N-methyl/N-ethyl adjacent to an activating group) is 1. The average Bonchev–Trinajstić information content (AvgIpc) is 2.89. The Labute approximate surface area is 127 Å². The van der Waals surface area contributed by atoms with Gasteiger partial charge in [-0.15, -0.1) is 11.3 Å². The van der Waals surface area contributed by atoms with Crippen LogP contribution < -0.4 is 5.32 Å². The van der Waals surface area contributed by atoms with Gasteiger partial charge in [0.05, 0.1) is 0 Å². The summed E-state index contributed by atoms with van der Waals surface area (Å²) in [4.78, 5) is 3.83. The Balaban J connectivity index is 1.65. The van der Waals surface area contributed by atoms with Crippen molar-refractivity contribution in [3.63, 3.8) is 0 Å². The van der Waals surface area contributed by atoms with Crippen LogP contribution in [-0.4, -0.2) is 31.6 Å². The van der Waals surface area contributed by atoms with E-state index in [1.54, 1.807) is 0 Å². The first-order chi connectivity index (χ1) is 9.24. The lowest BCUT2D eigenvalue weighted by Crippen LogP contribution is -2.27. The van der Waals surface area contributed by atoms with Crippen molar-refractivity contribution < 1.29 is 0 Å². The zero-order valence-electron chi connectivity index (χ0n) is 11.1. The number of hydrogen-bond acceptors (Lipinski definition) is 3. The normalized spacial score (nSPS) is 10.9. The maximum atomic E-state index is 3.48. The van der Waals surface area contributed by atoms with Crippen molar-refractivity contribution in [3.8, 4) is 0 Å². The highest BCUT2D eigenvalue weighted by molar-refractivity contribution is 9.10. The van der Waals surface area contributed by atoms with Crippen molar-refractivity contribution in [2.75, 3.05) is 32.0 Å². The van der Waals surface area contributed by atoms with E-state index in [0.29, 0.717) is 0 Å².